The Morgan fingerprint density at radius 3 is 2.16 bits per heavy atom. The second kappa shape index (κ2) is 8.39. The van der Waals surface area contributed by atoms with Gasteiger partial charge in [-0.3, -0.25) is 19.8 Å². The molecule has 1 saturated heterocycles. The molecule has 0 aromatic heterocycles. The van der Waals surface area contributed by atoms with Crippen LogP contribution in [0.15, 0.2) is 78.9 Å². The van der Waals surface area contributed by atoms with E-state index in [4.69, 9.17) is 0 Å². The zero-order valence-corrected chi connectivity index (χ0v) is 17.0. The third kappa shape index (κ3) is 3.90. The molecule has 7 nitrogen and oxygen atoms in total. The molecule has 0 unspecified atom stereocenters. The number of imide groups is 1. The minimum atomic E-state index is -0.743. The van der Waals surface area contributed by atoms with Crippen LogP contribution in [0.25, 0.3) is 0 Å². The molecule has 0 saturated carbocycles. The lowest BCUT2D eigenvalue weighted by Gasteiger charge is -2.22. The number of carbonyl (C=O) groups is 2. The highest BCUT2D eigenvalue weighted by Gasteiger charge is 2.45. The normalized spacial score (nSPS) is 16.1. The van der Waals surface area contributed by atoms with Crippen molar-refractivity contribution in [3.05, 3.63) is 111 Å². The number of nitro benzene ring substituents is 1. The molecule has 3 aromatic carbocycles. The Morgan fingerprint density at radius 2 is 1.52 bits per heavy atom. The van der Waals surface area contributed by atoms with Gasteiger partial charge in [0, 0.05) is 18.2 Å². The molecule has 1 aliphatic heterocycles. The monoisotopic (exact) mass is 415 g/mol. The first-order valence-corrected chi connectivity index (χ1v) is 9.91. The Hall–Kier alpha value is -4.00. The number of amides is 3. The van der Waals surface area contributed by atoms with E-state index in [1.165, 1.54) is 11.0 Å². The summed E-state index contributed by atoms with van der Waals surface area (Å²) in [4.78, 5) is 40.3. The van der Waals surface area contributed by atoms with Crippen molar-refractivity contribution in [2.75, 3.05) is 0 Å². The van der Waals surface area contributed by atoms with Gasteiger partial charge in [0.15, 0.2) is 0 Å². The van der Waals surface area contributed by atoms with Crippen molar-refractivity contribution in [2.24, 2.45) is 0 Å². The Kier molecular flexibility index (Phi) is 5.49. The lowest BCUT2D eigenvalue weighted by molar-refractivity contribution is -0.385. The molecule has 1 heterocycles. The van der Waals surface area contributed by atoms with E-state index in [0.29, 0.717) is 11.1 Å². The summed E-state index contributed by atoms with van der Waals surface area (Å²) in [5, 5.41) is 11.3. The fourth-order valence-electron chi connectivity index (χ4n) is 3.89. The molecule has 0 aliphatic carbocycles. The van der Waals surface area contributed by atoms with Gasteiger partial charge in [0.1, 0.15) is 6.04 Å². The smallest absolute Gasteiger partial charge is 0.304 e. The molecule has 4 rings (SSSR count). The molecule has 0 bridgehead atoms. The third-order valence-corrected chi connectivity index (χ3v) is 5.54. The molecular weight excluding hydrogens is 394 g/mol. The van der Waals surface area contributed by atoms with Gasteiger partial charge in [-0.2, -0.15) is 0 Å². The number of hydrogen-bond acceptors (Lipinski definition) is 4. The molecule has 1 aliphatic rings. The fourth-order valence-corrected chi connectivity index (χ4v) is 3.89. The minimum Gasteiger partial charge on any atom is -0.304 e. The van der Waals surface area contributed by atoms with Crippen molar-refractivity contribution in [3.8, 4) is 0 Å². The van der Waals surface area contributed by atoms with Crippen LogP contribution in [0.4, 0.5) is 10.5 Å². The molecule has 3 aromatic rings. The Labute approximate surface area is 179 Å². The van der Waals surface area contributed by atoms with E-state index < -0.39 is 17.0 Å². The van der Waals surface area contributed by atoms with Crippen LogP contribution >= 0.6 is 0 Å². The number of nitro groups is 1. The SMILES string of the molecule is Cc1c(CN2C(=O)[C@H](c3ccccc3)N(Cc3ccccc3)C2=O)cccc1[N+](=O)[O-]. The molecule has 31 heavy (non-hydrogen) atoms. The van der Waals surface area contributed by atoms with Crippen LogP contribution in [0, 0.1) is 17.0 Å². The highest BCUT2D eigenvalue weighted by Crippen LogP contribution is 2.34. The highest BCUT2D eigenvalue weighted by molar-refractivity contribution is 6.04. The third-order valence-electron chi connectivity index (χ3n) is 5.54. The standard InChI is InChI=1S/C24H21N3O4/c1-17-20(13-8-14-21(17)27(30)31)16-26-23(28)22(19-11-6-3-7-12-19)25(24(26)29)15-18-9-4-2-5-10-18/h2-14,22H,15-16H2,1H3/t22-/m0/s1. The number of urea groups is 1. The van der Waals surface area contributed by atoms with Crippen LogP contribution in [-0.2, 0) is 17.9 Å². The first kappa shape index (κ1) is 20.3. The summed E-state index contributed by atoms with van der Waals surface area (Å²) in [6.07, 6.45) is 0. The van der Waals surface area contributed by atoms with Gasteiger partial charge in [-0.25, -0.2) is 4.79 Å². The summed E-state index contributed by atoms with van der Waals surface area (Å²) < 4.78 is 0. The van der Waals surface area contributed by atoms with Crippen molar-refractivity contribution in [1.29, 1.82) is 0 Å². The predicted octanol–water partition coefficient (Wildman–Crippen LogP) is 4.61. The molecule has 1 fully saturated rings. The molecule has 7 heteroatoms. The van der Waals surface area contributed by atoms with E-state index in [9.17, 15) is 19.7 Å². The molecular formula is C24H21N3O4. The summed E-state index contributed by atoms with van der Waals surface area (Å²) in [5.74, 6) is -0.335. The van der Waals surface area contributed by atoms with Crippen LogP contribution in [0.3, 0.4) is 0 Å². The molecule has 3 amide bonds. The van der Waals surface area contributed by atoms with Crippen LogP contribution in [0.5, 0.6) is 0 Å². The topological polar surface area (TPSA) is 83.8 Å². The maximum atomic E-state index is 13.4. The fraction of sp³-hybridized carbons (Fsp3) is 0.167. The second-order valence-corrected chi connectivity index (χ2v) is 7.45. The van der Waals surface area contributed by atoms with Crippen LogP contribution in [-0.4, -0.2) is 26.7 Å². The molecule has 1 atom stereocenters. The van der Waals surface area contributed by atoms with E-state index >= 15 is 0 Å². The van der Waals surface area contributed by atoms with Crippen molar-refractivity contribution in [1.82, 2.24) is 9.80 Å². The first-order chi connectivity index (χ1) is 15.0. The lowest BCUT2D eigenvalue weighted by Crippen LogP contribution is -2.32. The van der Waals surface area contributed by atoms with Crippen molar-refractivity contribution >= 4 is 17.6 Å². The zero-order chi connectivity index (χ0) is 22.0. The maximum Gasteiger partial charge on any atom is 0.328 e. The second-order valence-electron chi connectivity index (χ2n) is 7.45. The van der Waals surface area contributed by atoms with E-state index in [0.717, 1.165) is 11.1 Å². The number of nitrogens with zero attached hydrogens (tertiary/aromatic N) is 3. The summed E-state index contributed by atoms with van der Waals surface area (Å²) in [7, 11) is 0. The zero-order valence-electron chi connectivity index (χ0n) is 17.0. The average molecular weight is 415 g/mol. The van der Waals surface area contributed by atoms with E-state index in [2.05, 4.69) is 0 Å². The van der Waals surface area contributed by atoms with Crippen LogP contribution in [0.1, 0.15) is 28.3 Å². The van der Waals surface area contributed by atoms with Gasteiger partial charge in [-0.05, 0) is 23.6 Å². The van der Waals surface area contributed by atoms with Crippen molar-refractivity contribution in [2.45, 2.75) is 26.1 Å². The maximum absolute atomic E-state index is 13.4. The van der Waals surface area contributed by atoms with Gasteiger partial charge in [0.05, 0.1) is 11.5 Å². The summed E-state index contributed by atoms with van der Waals surface area (Å²) in [5.41, 5.74) is 2.64. The molecule has 156 valence electrons. The van der Waals surface area contributed by atoms with E-state index in [-0.39, 0.29) is 24.7 Å². The van der Waals surface area contributed by atoms with Gasteiger partial charge < -0.3 is 4.90 Å². The first-order valence-electron chi connectivity index (χ1n) is 9.91. The minimum absolute atomic E-state index is 0.0141. The van der Waals surface area contributed by atoms with E-state index in [1.54, 1.807) is 24.0 Å². The summed E-state index contributed by atoms with van der Waals surface area (Å²) in [6.45, 7) is 1.91. The van der Waals surface area contributed by atoms with Gasteiger partial charge in [0.25, 0.3) is 11.6 Å². The van der Waals surface area contributed by atoms with Crippen LogP contribution < -0.4 is 0 Å². The van der Waals surface area contributed by atoms with Gasteiger partial charge >= 0.3 is 6.03 Å². The number of hydrogen-bond donors (Lipinski definition) is 0. The lowest BCUT2D eigenvalue weighted by atomic mass is 10.0. The van der Waals surface area contributed by atoms with Gasteiger partial charge in [-0.15, -0.1) is 0 Å². The molecule has 0 N–H and O–H groups in total. The quantitative estimate of drug-likeness (QED) is 0.334. The number of carbonyl (C=O) groups excluding carboxylic acids is 2. The molecule has 0 radical (unpaired) electrons. The average Bonchev–Trinajstić information content (AvgIpc) is 3.00. The van der Waals surface area contributed by atoms with Gasteiger partial charge in [-0.1, -0.05) is 72.8 Å². The van der Waals surface area contributed by atoms with Crippen molar-refractivity contribution < 1.29 is 14.5 Å². The largest absolute Gasteiger partial charge is 0.328 e. The predicted molar refractivity (Wildman–Crippen MR) is 115 cm³/mol. The van der Waals surface area contributed by atoms with Crippen molar-refractivity contribution in [3.63, 3.8) is 0 Å². The Balaban J connectivity index is 1.70. The Bertz CT molecular complexity index is 1130. The Morgan fingerprint density at radius 1 is 0.871 bits per heavy atom. The highest BCUT2D eigenvalue weighted by atomic mass is 16.6. The number of rotatable bonds is 6. The van der Waals surface area contributed by atoms with E-state index in [1.807, 2.05) is 60.7 Å². The summed E-state index contributed by atoms with van der Waals surface area (Å²) in [6, 6.07) is 22.2. The van der Waals surface area contributed by atoms with Gasteiger partial charge in [0.2, 0.25) is 0 Å². The summed E-state index contributed by atoms with van der Waals surface area (Å²) >= 11 is 0. The molecule has 0 spiro atoms. The number of benzene rings is 3. The van der Waals surface area contributed by atoms with Crippen LogP contribution in [0.2, 0.25) is 0 Å².